The standard InChI is InChI=1S/C21H19N3O5S/c1-13-22-11-18(30-13)21(27)29-12-19(25)23-15-9-7-14(8-10-15)20(26)24-16-5-3-4-6-17(16)28-2/h3-11H,12H2,1-2H3,(H,23,25)(H,24,26). The Morgan fingerprint density at radius 3 is 2.43 bits per heavy atom. The smallest absolute Gasteiger partial charge is 0.350 e. The number of esters is 1. The summed E-state index contributed by atoms with van der Waals surface area (Å²) in [4.78, 5) is 40.6. The van der Waals surface area contributed by atoms with E-state index in [4.69, 9.17) is 9.47 Å². The zero-order valence-corrected chi connectivity index (χ0v) is 17.1. The minimum Gasteiger partial charge on any atom is -0.495 e. The molecule has 30 heavy (non-hydrogen) atoms. The first kappa shape index (κ1) is 21.0. The molecule has 0 saturated heterocycles. The fourth-order valence-corrected chi connectivity index (χ4v) is 3.17. The summed E-state index contributed by atoms with van der Waals surface area (Å²) in [6, 6.07) is 13.4. The van der Waals surface area contributed by atoms with Gasteiger partial charge >= 0.3 is 5.97 Å². The van der Waals surface area contributed by atoms with E-state index in [1.165, 1.54) is 24.6 Å². The molecule has 0 aliphatic heterocycles. The van der Waals surface area contributed by atoms with E-state index >= 15 is 0 Å². The maximum Gasteiger partial charge on any atom is 0.350 e. The molecule has 2 amide bonds. The lowest BCUT2D eigenvalue weighted by molar-refractivity contribution is -0.119. The molecule has 0 radical (unpaired) electrons. The number of anilines is 2. The Labute approximate surface area is 176 Å². The third-order valence-electron chi connectivity index (χ3n) is 3.94. The van der Waals surface area contributed by atoms with Gasteiger partial charge in [-0.1, -0.05) is 12.1 Å². The van der Waals surface area contributed by atoms with Crippen molar-refractivity contribution in [1.82, 2.24) is 4.98 Å². The van der Waals surface area contributed by atoms with Crippen LogP contribution in [0.15, 0.2) is 54.7 Å². The van der Waals surface area contributed by atoms with Crippen LogP contribution < -0.4 is 15.4 Å². The molecule has 0 aliphatic rings. The van der Waals surface area contributed by atoms with Gasteiger partial charge in [-0.15, -0.1) is 11.3 Å². The molecule has 8 nitrogen and oxygen atoms in total. The topological polar surface area (TPSA) is 107 Å². The molecule has 2 N–H and O–H groups in total. The number of methoxy groups -OCH3 is 1. The van der Waals surface area contributed by atoms with E-state index in [0.717, 1.165) is 5.01 Å². The number of amides is 2. The molecule has 9 heteroatoms. The van der Waals surface area contributed by atoms with Gasteiger partial charge in [-0.25, -0.2) is 9.78 Å². The maximum atomic E-state index is 12.4. The number of ether oxygens (including phenoxy) is 2. The van der Waals surface area contributed by atoms with Crippen molar-refractivity contribution in [3.8, 4) is 5.75 Å². The predicted octanol–water partition coefficient (Wildman–Crippen LogP) is 3.51. The molecule has 0 bridgehead atoms. The van der Waals surface area contributed by atoms with Gasteiger partial charge in [0, 0.05) is 11.3 Å². The van der Waals surface area contributed by atoms with Gasteiger partial charge in [0.05, 0.1) is 24.0 Å². The van der Waals surface area contributed by atoms with Gasteiger partial charge < -0.3 is 20.1 Å². The number of carbonyl (C=O) groups is 3. The second kappa shape index (κ2) is 9.66. The Balaban J connectivity index is 1.53. The van der Waals surface area contributed by atoms with Gasteiger partial charge in [0.25, 0.3) is 11.8 Å². The Morgan fingerprint density at radius 2 is 1.77 bits per heavy atom. The van der Waals surface area contributed by atoms with E-state index in [0.29, 0.717) is 27.6 Å². The van der Waals surface area contributed by atoms with Crippen molar-refractivity contribution in [2.24, 2.45) is 0 Å². The minimum atomic E-state index is -0.598. The number of hydrogen-bond donors (Lipinski definition) is 2. The summed E-state index contributed by atoms with van der Waals surface area (Å²) >= 11 is 1.20. The molecule has 2 aromatic carbocycles. The van der Waals surface area contributed by atoms with Gasteiger partial charge in [0.1, 0.15) is 10.6 Å². The number of carbonyl (C=O) groups excluding carboxylic acids is 3. The number of aromatic nitrogens is 1. The van der Waals surface area contributed by atoms with Crippen LogP contribution in [0.3, 0.4) is 0 Å². The van der Waals surface area contributed by atoms with E-state index in [2.05, 4.69) is 15.6 Å². The molecule has 1 aromatic heterocycles. The molecule has 0 spiro atoms. The van der Waals surface area contributed by atoms with Crippen LogP contribution in [0.5, 0.6) is 5.75 Å². The van der Waals surface area contributed by atoms with Crippen LogP contribution in [0, 0.1) is 6.92 Å². The van der Waals surface area contributed by atoms with Crippen molar-refractivity contribution in [2.75, 3.05) is 24.4 Å². The molecule has 1 heterocycles. The number of para-hydroxylation sites is 2. The van der Waals surface area contributed by atoms with Crippen molar-refractivity contribution < 1.29 is 23.9 Å². The molecule has 3 aromatic rings. The van der Waals surface area contributed by atoms with E-state index in [-0.39, 0.29) is 5.91 Å². The summed E-state index contributed by atoms with van der Waals surface area (Å²) in [7, 11) is 1.53. The first-order valence-electron chi connectivity index (χ1n) is 8.90. The molecular formula is C21H19N3O5S. The summed E-state index contributed by atoms with van der Waals surface area (Å²) in [6.07, 6.45) is 1.41. The number of thiazole rings is 1. The minimum absolute atomic E-state index is 0.314. The lowest BCUT2D eigenvalue weighted by atomic mass is 10.2. The lowest BCUT2D eigenvalue weighted by Crippen LogP contribution is -2.20. The van der Waals surface area contributed by atoms with Crippen LogP contribution in [0.1, 0.15) is 25.0 Å². The van der Waals surface area contributed by atoms with Gasteiger partial charge in [-0.05, 0) is 43.3 Å². The highest BCUT2D eigenvalue weighted by Gasteiger charge is 2.14. The zero-order chi connectivity index (χ0) is 21.5. The first-order chi connectivity index (χ1) is 14.5. The Kier molecular flexibility index (Phi) is 6.76. The number of nitrogens with zero attached hydrogens (tertiary/aromatic N) is 1. The van der Waals surface area contributed by atoms with Crippen molar-refractivity contribution in [1.29, 1.82) is 0 Å². The summed E-state index contributed by atoms with van der Waals surface area (Å²) in [6.45, 7) is 1.35. The van der Waals surface area contributed by atoms with Gasteiger partial charge in [-0.3, -0.25) is 9.59 Å². The Morgan fingerprint density at radius 1 is 1.03 bits per heavy atom. The molecule has 0 aliphatic carbocycles. The van der Waals surface area contributed by atoms with E-state index in [1.807, 2.05) is 6.07 Å². The average molecular weight is 425 g/mol. The quantitative estimate of drug-likeness (QED) is 0.561. The van der Waals surface area contributed by atoms with E-state index < -0.39 is 18.5 Å². The van der Waals surface area contributed by atoms with Crippen LogP contribution in [0.2, 0.25) is 0 Å². The summed E-state index contributed by atoms with van der Waals surface area (Å²) in [5.74, 6) is -0.848. The number of aryl methyl sites for hydroxylation is 1. The Bertz CT molecular complexity index is 1060. The maximum absolute atomic E-state index is 12.4. The highest BCUT2D eigenvalue weighted by molar-refractivity contribution is 7.13. The van der Waals surface area contributed by atoms with Gasteiger partial charge in [-0.2, -0.15) is 0 Å². The molecule has 0 atom stereocenters. The van der Waals surface area contributed by atoms with Crippen molar-refractivity contribution >= 4 is 40.5 Å². The van der Waals surface area contributed by atoms with Crippen LogP contribution >= 0.6 is 11.3 Å². The highest BCUT2D eigenvalue weighted by atomic mass is 32.1. The van der Waals surface area contributed by atoms with Gasteiger partial charge in [0.2, 0.25) is 0 Å². The largest absolute Gasteiger partial charge is 0.495 e. The molecule has 0 unspecified atom stereocenters. The van der Waals surface area contributed by atoms with E-state index in [9.17, 15) is 14.4 Å². The second-order valence-electron chi connectivity index (χ2n) is 6.10. The summed E-state index contributed by atoms with van der Waals surface area (Å²) in [5.41, 5.74) is 1.43. The zero-order valence-electron chi connectivity index (χ0n) is 16.3. The van der Waals surface area contributed by atoms with Crippen molar-refractivity contribution in [2.45, 2.75) is 6.92 Å². The Hall–Kier alpha value is -3.72. The summed E-state index contributed by atoms with van der Waals surface area (Å²) in [5, 5.41) is 6.12. The SMILES string of the molecule is COc1ccccc1NC(=O)c1ccc(NC(=O)COC(=O)c2cnc(C)s2)cc1. The predicted molar refractivity (Wildman–Crippen MR) is 113 cm³/mol. The fraction of sp³-hybridized carbons (Fsp3) is 0.143. The molecule has 3 rings (SSSR count). The third-order valence-corrected chi connectivity index (χ3v) is 4.84. The van der Waals surface area contributed by atoms with Gasteiger partial charge in [0.15, 0.2) is 6.61 Å². The normalized spacial score (nSPS) is 10.2. The van der Waals surface area contributed by atoms with Crippen molar-refractivity contribution in [3.05, 3.63) is 70.2 Å². The molecule has 0 saturated carbocycles. The number of nitrogens with one attached hydrogen (secondary N) is 2. The molecule has 0 fully saturated rings. The number of rotatable bonds is 7. The van der Waals surface area contributed by atoms with Crippen LogP contribution in [-0.2, 0) is 9.53 Å². The first-order valence-corrected chi connectivity index (χ1v) is 9.72. The summed E-state index contributed by atoms with van der Waals surface area (Å²) < 4.78 is 10.2. The lowest BCUT2D eigenvalue weighted by Gasteiger charge is -2.10. The monoisotopic (exact) mass is 425 g/mol. The number of benzene rings is 2. The highest BCUT2D eigenvalue weighted by Crippen LogP contribution is 2.24. The van der Waals surface area contributed by atoms with Crippen molar-refractivity contribution in [3.63, 3.8) is 0 Å². The average Bonchev–Trinajstić information content (AvgIpc) is 3.19. The fourth-order valence-electron chi connectivity index (χ4n) is 2.50. The second-order valence-corrected chi connectivity index (χ2v) is 7.33. The molecule has 154 valence electrons. The molecular weight excluding hydrogens is 406 g/mol. The third kappa shape index (κ3) is 5.42. The van der Waals surface area contributed by atoms with E-state index in [1.54, 1.807) is 49.4 Å². The number of hydrogen-bond acceptors (Lipinski definition) is 7. The van der Waals surface area contributed by atoms with Crippen LogP contribution in [0.25, 0.3) is 0 Å². The van der Waals surface area contributed by atoms with Crippen LogP contribution in [-0.4, -0.2) is 36.5 Å². The van der Waals surface area contributed by atoms with Crippen LogP contribution in [0.4, 0.5) is 11.4 Å².